The van der Waals surface area contributed by atoms with E-state index in [-0.39, 0.29) is 0 Å². The second-order valence-electron chi connectivity index (χ2n) is 6.74. The minimum Gasteiger partial charge on any atom is -0.361 e. The third-order valence-electron chi connectivity index (χ3n) is 5.41. The molecule has 1 aromatic heterocycles. The lowest BCUT2D eigenvalue weighted by molar-refractivity contribution is -0.134. The number of hydrogen-bond acceptors (Lipinski definition) is 3. The summed E-state index contributed by atoms with van der Waals surface area (Å²) < 4.78 is 5.17. The van der Waals surface area contributed by atoms with Gasteiger partial charge < -0.3 is 9.42 Å². The van der Waals surface area contributed by atoms with Crippen LogP contribution in [-0.2, 0) is 11.2 Å². The van der Waals surface area contributed by atoms with E-state index < -0.39 is 0 Å². The Morgan fingerprint density at radius 2 is 2.00 bits per heavy atom. The molecular formula is C17H26N2O2. The third-order valence-corrected chi connectivity index (χ3v) is 5.41. The highest BCUT2D eigenvalue weighted by molar-refractivity contribution is 5.76. The minimum absolute atomic E-state index is 0.305. The quantitative estimate of drug-likeness (QED) is 0.858. The van der Waals surface area contributed by atoms with Crippen LogP contribution in [-0.4, -0.2) is 29.1 Å². The van der Waals surface area contributed by atoms with Gasteiger partial charge in [-0.25, -0.2) is 0 Å². The molecule has 0 spiro atoms. The van der Waals surface area contributed by atoms with Gasteiger partial charge in [-0.1, -0.05) is 24.4 Å². The summed E-state index contributed by atoms with van der Waals surface area (Å²) >= 11 is 0. The SMILES string of the molecule is Cc1noc(C)c1CCC(=O)N1CC[C@@H]2CCCC[C@@H]2C1. The van der Waals surface area contributed by atoms with Crippen LogP contribution in [0.15, 0.2) is 4.52 Å². The van der Waals surface area contributed by atoms with Gasteiger partial charge in [0.2, 0.25) is 5.91 Å². The zero-order chi connectivity index (χ0) is 14.8. The standard InChI is InChI=1S/C17H26N2O2/c1-12-16(13(2)21-18-12)7-8-17(20)19-10-9-14-5-3-4-6-15(14)11-19/h14-15H,3-11H2,1-2H3/t14-,15+/m0/s1. The Morgan fingerprint density at radius 3 is 2.71 bits per heavy atom. The summed E-state index contributed by atoms with van der Waals surface area (Å²) in [5, 5.41) is 3.96. The predicted molar refractivity (Wildman–Crippen MR) is 80.9 cm³/mol. The van der Waals surface area contributed by atoms with Crippen molar-refractivity contribution in [3.8, 4) is 0 Å². The van der Waals surface area contributed by atoms with Crippen molar-refractivity contribution in [2.24, 2.45) is 11.8 Å². The second kappa shape index (κ2) is 6.20. The highest BCUT2D eigenvalue weighted by atomic mass is 16.5. The van der Waals surface area contributed by atoms with E-state index in [0.717, 1.165) is 48.4 Å². The molecular weight excluding hydrogens is 264 g/mol. The molecule has 4 nitrogen and oxygen atoms in total. The number of rotatable bonds is 3. The molecule has 2 heterocycles. The van der Waals surface area contributed by atoms with Gasteiger partial charge in [-0.2, -0.15) is 0 Å². The molecule has 4 heteroatoms. The Bertz CT molecular complexity index is 489. The molecule has 3 rings (SSSR count). The molecule has 0 bridgehead atoms. The van der Waals surface area contributed by atoms with Crippen molar-refractivity contribution in [3.63, 3.8) is 0 Å². The van der Waals surface area contributed by atoms with E-state index in [1.165, 1.54) is 32.1 Å². The van der Waals surface area contributed by atoms with Crippen LogP contribution in [0.2, 0.25) is 0 Å². The predicted octanol–water partition coefficient (Wildman–Crippen LogP) is 3.26. The van der Waals surface area contributed by atoms with E-state index in [2.05, 4.69) is 10.1 Å². The summed E-state index contributed by atoms with van der Waals surface area (Å²) in [4.78, 5) is 14.6. The Labute approximate surface area is 126 Å². The highest BCUT2D eigenvalue weighted by Crippen LogP contribution is 2.36. The molecule has 2 atom stereocenters. The van der Waals surface area contributed by atoms with Gasteiger partial charge in [-0.15, -0.1) is 0 Å². The number of carbonyl (C=O) groups is 1. The summed E-state index contributed by atoms with van der Waals surface area (Å²) in [6, 6.07) is 0. The number of hydrogen-bond donors (Lipinski definition) is 0. The van der Waals surface area contributed by atoms with Crippen molar-refractivity contribution >= 4 is 5.91 Å². The molecule has 1 amide bonds. The van der Waals surface area contributed by atoms with Crippen LogP contribution in [0, 0.1) is 25.7 Å². The lowest BCUT2D eigenvalue weighted by atomic mass is 9.75. The number of piperidine rings is 1. The molecule has 21 heavy (non-hydrogen) atoms. The highest BCUT2D eigenvalue weighted by Gasteiger charge is 2.32. The van der Waals surface area contributed by atoms with E-state index in [1.54, 1.807) is 0 Å². The smallest absolute Gasteiger partial charge is 0.222 e. The first-order valence-electron chi connectivity index (χ1n) is 8.34. The molecule has 1 aliphatic heterocycles. The molecule has 0 aromatic carbocycles. The van der Waals surface area contributed by atoms with Crippen LogP contribution in [0.25, 0.3) is 0 Å². The maximum atomic E-state index is 12.5. The Hall–Kier alpha value is -1.32. The van der Waals surface area contributed by atoms with Gasteiger partial charge in [-0.05, 0) is 44.9 Å². The molecule has 1 aromatic rings. The first-order valence-corrected chi connectivity index (χ1v) is 8.34. The summed E-state index contributed by atoms with van der Waals surface area (Å²) in [5.41, 5.74) is 2.03. The van der Waals surface area contributed by atoms with Crippen LogP contribution in [0.3, 0.4) is 0 Å². The van der Waals surface area contributed by atoms with Crippen LogP contribution in [0.4, 0.5) is 0 Å². The number of aromatic nitrogens is 1. The first kappa shape index (κ1) is 14.6. The largest absolute Gasteiger partial charge is 0.361 e. The maximum Gasteiger partial charge on any atom is 0.222 e. The van der Waals surface area contributed by atoms with Crippen LogP contribution < -0.4 is 0 Å². The topological polar surface area (TPSA) is 46.3 Å². The Kier molecular flexibility index (Phi) is 4.32. The lowest BCUT2D eigenvalue weighted by Gasteiger charge is -2.41. The van der Waals surface area contributed by atoms with Gasteiger partial charge >= 0.3 is 0 Å². The van der Waals surface area contributed by atoms with Gasteiger partial charge in [0.05, 0.1) is 5.69 Å². The van der Waals surface area contributed by atoms with Crippen LogP contribution >= 0.6 is 0 Å². The van der Waals surface area contributed by atoms with Gasteiger partial charge in [-0.3, -0.25) is 4.79 Å². The summed E-state index contributed by atoms with van der Waals surface area (Å²) in [6.07, 6.45) is 7.99. The molecule has 116 valence electrons. The van der Waals surface area contributed by atoms with Crippen molar-refractivity contribution in [2.45, 2.75) is 58.8 Å². The average Bonchev–Trinajstić information content (AvgIpc) is 2.83. The fourth-order valence-corrected chi connectivity index (χ4v) is 4.08. The molecule has 2 aliphatic rings. The molecule has 1 aliphatic carbocycles. The third kappa shape index (κ3) is 3.14. The van der Waals surface area contributed by atoms with Crippen molar-refractivity contribution in [1.29, 1.82) is 0 Å². The Morgan fingerprint density at radius 1 is 1.24 bits per heavy atom. The molecule has 1 saturated carbocycles. The maximum absolute atomic E-state index is 12.5. The second-order valence-corrected chi connectivity index (χ2v) is 6.74. The zero-order valence-corrected chi connectivity index (χ0v) is 13.2. The molecule has 0 unspecified atom stereocenters. The van der Waals surface area contributed by atoms with Gasteiger partial charge in [0.15, 0.2) is 0 Å². The monoisotopic (exact) mass is 290 g/mol. The fraction of sp³-hybridized carbons (Fsp3) is 0.765. The minimum atomic E-state index is 0.305. The lowest BCUT2D eigenvalue weighted by Crippen LogP contribution is -2.44. The number of fused-ring (bicyclic) bond motifs is 1. The number of amides is 1. The summed E-state index contributed by atoms with van der Waals surface area (Å²) in [5.74, 6) is 2.80. The van der Waals surface area contributed by atoms with Gasteiger partial charge in [0, 0.05) is 25.1 Å². The summed E-state index contributed by atoms with van der Waals surface area (Å²) in [6.45, 7) is 5.82. The van der Waals surface area contributed by atoms with Crippen molar-refractivity contribution in [2.75, 3.05) is 13.1 Å². The van der Waals surface area contributed by atoms with Crippen molar-refractivity contribution in [1.82, 2.24) is 10.1 Å². The van der Waals surface area contributed by atoms with Crippen LogP contribution in [0.5, 0.6) is 0 Å². The van der Waals surface area contributed by atoms with E-state index in [0.29, 0.717) is 12.3 Å². The van der Waals surface area contributed by atoms with E-state index in [1.807, 2.05) is 13.8 Å². The van der Waals surface area contributed by atoms with Gasteiger partial charge in [0.25, 0.3) is 0 Å². The normalized spacial score (nSPS) is 25.7. The molecule has 0 N–H and O–H groups in total. The van der Waals surface area contributed by atoms with E-state index >= 15 is 0 Å². The average molecular weight is 290 g/mol. The zero-order valence-electron chi connectivity index (χ0n) is 13.2. The van der Waals surface area contributed by atoms with Crippen LogP contribution in [0.1, 0.15) is 55.5 Å². The molecule has 1 saturated heterocycles. The molecule has 2 fully saturated rings. The number of carbonyl (C=O) groups excluding carboxylic acids is 1. The van der Waals surface area contributed by atoms with Crippen molar-refractivity contribution in [3.05, 3.63) is 17.0 Å². The van der Waals surface area contributed by atoms with Gasteiger partial charge in [0.1, 0.15) is 5.76 Å². The van der Waals surface area contributed by atoms with E-state index in [4.69, 9.17) is 4.52 Å². The molecule has 0 radical (unpaired) electrons. The first-order chi connectivity index (χ1) is 10.1. The fourth-order valence-electron chi connectivity index (χ4n) is 4.08. The van der Waals surface area contributed by atoms with E-state index in [9.17, 15) is 4.79 Å². The number of nitrogens with zero attached hydrogens (tertiary/aromatic N) is 2. The van der Waals surface area contributed by atoms with Crippen molar-refractivity contribution < 1.29 is 9.32 Å². The number of likely N-dealkylation sites (tertiary alicyclic amines) is 1. The number of aryl methyl sites for hydroxylation is 2. The summed E-state index contributed by atoms with van der Waals surface area (Å²) in [7, 11) is 0. The Balaban J connectivity index is 1.54.